The van der Waals surface area contributed by atoms with Gasteiger partial charge in [0.15, 0.2) is 4.34 Å². The van der Waals surface area contributed by atoms with Crippen LogP contribution in [0.4, 0.5) is 15.2 Å². The predicted molar refractivity (Wildman–Crippen MR) is 82.7 cm³/mol. The molecule has 4 nitrogen and oxygen atoms in total. The molecule has 1 N–H and O–H groups in total. The average molecular weight is 323 g/mol. The molecule has 0 amide bonds. The Morgan fingerprint density at radius 1 is 1.29 bits per heavy atom. The van der Waals surface area contributed by atoms with Crippen molar-refractivity contribution in [3.63, 3.8) is 0 Å². The molecule has 1 fully saturated rings. The van der Waals surface area contributed by atoms with Crippen LogP contribution >= 0.6 is 23.1 Å². The molecule has 0 bridgehead atoms. The van der Waals surface area contributed by atoms with Crippen LogP contribution in [0.2, 0.25) is 0 Å². The summed E-state index contributed by atoms with van der Waals surface area (Å²) in [7, 11) is 0. The summed E-state index contributed by atoms with van der Waals surface area (Å²) in [6.45, 7) is 0. The number of carbonyl (C=O) groups is 1. The molecule has 21 heavy (non-hydrogen) atoms. The van der Waals surface area contributed by atoms with Gasteiger partial charge < -0.3 is 5.32 Å². The molecule has 1 aromatic heterocycles. The lowest BCUT2D eigenvalue weighted by molar-refractivity contribution is -0.119. The van der Waals surface area contributed by atoms with Crippen LogP contribution in [0.5, 0.6) is 0 Å². The molecule has 3 rings (SSSR count). The van der Waals surface area contributed by atoms with Gasteiger partial charge in [-0.25, -0.2) is 4.39 Å². The summed E-state index contributed by atoms with van der Waals surface area (Å²) in [6, 6.07) is 6.42. The van der Waals surface area contributed by atoms with Gasteiger partial charge in [-0.3, -0.25) is 4.79 Å². The van der Waals surface area contributed by atoms with E-state index in [2.05, 4.69) is 15.5 Å². The third kappa shape index (κ3) is 3.59. The van der Waals surface area contributed by atoms with E-state index in [-0.39, 0.29) is 11.1 Å². The monoisotopic (exact) mass is 323 g/mol. The van der Waals surface area contributed by atoms with E-state index in [0.29, 0.717) is 23.0 Å². The summed E-state index contributed by atoms with van der Waals surface area (Å²) in [4.78, 5) is 11.8. The topological polar surface area (TPSA) is 54.9 Å². The Balaban J connectivity index is 1.66. The van der Waals surface area contributed by atoms with Crippen molar-refractivity contribution >= 4 is 39.7 Å². The van der Waals surface area contributed by atoms with Gasteiger partial charge in [0.25, 0.3) is 0 Å². The minimum Gasteiger partial charge on any atom is -0.328 e. The number of hydrogen-bond acceptors (Lipinski definition) is 6. The number of halogens is 1. The van der Waals surface area contributed by atoms with Crippen molar-refractivity contribution in [3.05, 3.63) is 30.1 Å². The number of carbonyl (C=O) groups excluding carboxylic acids is 1. The van der Waals surface area contributed by atoms with E-state index in [4.69, 9.17) is 0 Å². The first-order valence-electron chi connectivity index (χ1n) is 6.77. The van der Waals surface area contributed by atoms with Crippen molar-refractivity contribution < 1.29 is 9.18 Å². The fraction of sp³-hybridized carbons (Fsp3) is 0.357. The second-order valence-electron chi connectivity index (χ2n) is 4.80. The molecule has 1 aliphatic carbocycles. The molecule has 1 atom stereocenters. The van der Waals surface area contributed by atoms with Crippen molar-refractivity contribution in [2.24, 2.45) is 0 Å². The number of benzene rings is 1. The summed E-state index contributed by atoms with van der Waals surface area (Å²) in [5.41, 5.74) is 0.374. The Kier molecular flexibility index (Phi) is 4.50. The summed E-state index contributed by atoms with van der Waals surface area (Å²) >= 11 is 2.81. The SMILES string of the molecule is O=C1CCCC[C@@H]1Sc1nnc(Nc2ccccc2F)s1. The lowest BCUT2D eigenvalue weighted by Gasteiger charge is -2.17. The van der Waals surface area contributed by atoms with Crippen LogP contribution in [0, 0.1) is 5.82 Å². The Bertz CT molecular complexity index is 647. The Morgan fingerprint density at radius 3 is 2.95 bits per heavy atom. The number of anilines is 2. The molecule has 1 aliphatic rings. The fourth-order valence-electron chi connectivity index (χ4n) is 2.18. The van der Waals surface area contributed by atoms with E-state index in [1.807, 2.05) is 0 Å². The number of para-hydroxylation sites is 1. The van der Waals surface area contributed by atoms with Gasteiger partial charge >= 0.3 is 0 Å². The van der Waals surface area contributed by atoms with Crippen LogP contribution in [-0.2, 0) is 4.79 Å². The lowest BCUT2D eigenvalue weighted by Crippen LogP contribution is -2.21. The first kappa shape index (κ1) is 14.5. The first-order chi connectivity index (χ1) is 10.2. The molecular weight excluding hydrogens is 309 g/mol. The average Bonchev–Trinajstić information content (AvgIpc) is 2.91. The van der Waals surface area contributed by atoms with Crippen LogP contribution in [0.15, 0.2) is 28.6 Å². The van der Waals surface area contributed by atoms with E-state index in [1.54, 1.807) is 18.2 Å². The molecule has 7 heteroatoms. The molecule has 2 aromatic rings. The van der Waals surface area contributed by atoms with Gasteiger partial charge in [-0.05, 0) is 25.0 Å². The van der Waals surface area contributed by atoms with Gasteiger partial charge in [0.05, 0.1) is 10.9 Å². The van der Waals surface area contributed by atoms with Gasteiger partial charge in [-0.2, -0.15) is 0 Å². The van der Waals surface area contributed by atoms with Crippen molar-refractivity contribution in [3.8, 4) is 0 Å². The minimum atomic E-state index is -0.329. The summed E-state index contributed by atoms with van der Waals surface area (Å²) < 4.78 is 14.3. The first-order valence-corrected chi connectivity index (χ1v) is 8.46. The minimum absolute atomic E-state index is 0.00647. The number of ketones is 1. The van der Waals surface area contributed by atoms with Crippen molar-refractivity contribution in [2.75, 3.05) is 5.32 Å². The van der Waals surface area contributed by atoms with Gasteiger partial charge in [0.2, 0.25) is 5.13 Å². The van der Waals surface area contributed by atoms with Gasteiger partial charge in [0, 0.05) is 6.42 Å². The number of rotatable bonds is 4. The van der Waals surface area contributed by atoms with E-state index < -0.39 is 0 Å². The zero-order chi connectivity index (χ0) is 14.7. The van der Waals surface area contributed by atoms with Crippen LogP contribution in [0.1, 0.15) is 25.7 Å². The molecule has 110 valence electrons. The van der Waals surface area contributed by atoms with E-state index in [0.717, 1.165) is 23.6 Å². The summed E-state index contributed by atoms with van der Waals surface area (Å²) in [5.74, 6) is -0.0329. The molecule has 0 unspecified atom stereocenters. The number of Topliss-reactive ketones (excluding diaryl/α,β-unsaturated/α-hetero) is 1. The van der Waals surface area contributed by atoms with Gasteiger partial charge in [0.1, 0.15) is 11.6 Å². The Morgan fingerprint density at radius 2 is 2.14 bits per heavy atom. The van der Waals surface area contributed by atoms with Crippen LogP contribution in [0.3, 0.4) is 0 Å². The highest BCUT2D eigenvalue weighted by atomic mass is 32.2. The Labute approximate surface area is 130 Å². The standard InChI is InChI=1S/C14H14FN3OS2/c15-9-5-1-2-6-10(9)16-13-17-18-14(21-13)20-12-8-4-3-7-11(12)19/h1-2,5-6,12H,3-4,7-8H2,(H,16,17)/t12-/m0/s1. The fourth-order valence-corrected chi connectivity index (χ4v) is 4.32. The second-order valence-corrected chi connectivity index (χ2v) is 7.22. The number of thioether (sulfide) groups is 1. The quantitative estimate of drug-likeness (QED) is 0.921. The van der Waals surface area contributed by atoms with Crippen molar-refractivity contribution in [1.29, 1.82) is 0 Å². The molecule has 0 saturated heterocycles. The normalized spacial score (nSPS) is 18.7. The van der Waals surface area contributed by atoms with Crippen molar-refractivity contribution in [2.45, 2.75) is 35.3 Å². The molecule has 0 spiro atoms. The zero-order valence-corrected chi connectivity index (χ0v) is 12.8. The van der Waals surface area contributed by atoms with E-state index in [1.165, 1.54) is 29.2 Å². The maximum Gasteiger partial charge on any atom is 0.210 e. The largest absolute Gasteiger partial charge is 0.328 e. The van der Waals surface area contributed by atoms with E-state index >= 15 is 0 Å². The van der Waals surface area contributed by atoms with Crippen LogP contribution in [0.25, 0.3) is 0 Å². The lowest BCUT2D eigenvalue weighted by atomic mass is 9.99. The molecule has 0 radical (unpaired) electrons. The highest BCUT2D eigenvalue weighted by Crippen LogP contribution is 2.35. The van der Waals surface area contributed by atoms with Gasteiger partial charge in [-0.1, -0.05) is 41.7 Å². The van der Waals surface area contributed by atoms with Crippen LogP contribution < -0.4 is 5.32 Å². The summed E-state index contributed by atoms with van der Waals surface area (Å²) in [5, 5.41) is 11.5. The molecule has 1 aromatic carbocycles. The Hall–Kier alpha value is -1.47. The smallest absolute Gasteiger partial charge is 0.210 e. The third-order valence-electron chi connectivity index (χ3n) is 3.26. The van der Waals surface area contributed by atoms with Crippen LogP contribution in [-0.4, -0.2) is 21.2 Å². The molecule has 1 heterocycles. The maximum atomic E-state index is 13.6. The van der Waals surface area contributed by atoms with E-state index in [9.17, 15) is 9.18 Å². The number of nitrogens with zero attached hydrogens (tertiary/aromatic N) is 2. The van der Waals surface area contributed by atoms with Crippen molar-refractivity contribution in [1.82, 2.24) is 10.2 Å². The second kappa shape index (κ2) is 6.53. The summed E-state index contributed by atoms with van der Waals surface area (Å²) in [6.07, 6.45) is 3.64. The zero-order valence-electron chi connectivity index (χ0n) is 11.2. The predicted octanol–water partition coefficient (Wildman–Crippen LogP) is 4.02. The molecule has 1 saturated carbocycles. The highest BCUT2D eigenvalue weighted by molar-refractivity contribution is 8.02. The third-order valence-corrected chi connectivity index (χ3v) is 5.50. The molecular formula is C14H14FN3OS2. The highest BCUT2D eigenvalue weighted by Gasteiger charge is 2.24. The van der Waals surface area contributed by atoms with Gasteiger partial charge in [-0.15, -0.1) is 10.2 Å². The number of nitrogens with one attached hydrogen (secondary N) is 1. The number of aromatic nitrogens is 2. The number of hydrogen-bond donors (Lipinski definition) is 1. The maximum absolute atomic E-state index is 13.6. The molecule has 0 aliphatic heterocycles.